The van der Waals surface area contributed by atoms with E-state index < -0.39 is 0 Å². The predicted octanol–water partition coefficient (Wildman–Crippen LogP) is 1.30. The number of hydrogen-bond acceptors (Lipinski definition) is 3. The van der Waals surface area contributed by atoms with Crippen molar-refractivity contribution in [2.24, 2.45) is 10.9 Å². The fraction of sp³-hybridized carbons (Fsp3) is 0.818. The van der Waals surface area contributed by atoms with Gasteiger partial charge in [-0.15, -0.1) is 0 Å². The summed E-state index contributed by atoms with van der Waals surface area (Å²) in [5.41, 5.74) is 5.35. The van der Waals surface area contributed by atoms with Crippen molar-refractivity contribution in [2.45, 2.75) is 51.5 Å². The molecule has 1 heterocycles. The van der Waals surface area contributed by atoms with Crippen LogP contribution in [-0.2, 0) is 4.79 Å². The first-order valence-corrected chi connectivity index (χ1v) is 5.95. The fourth-order valence-electron chi connectivity index (χ4n) is 2.25. The number of piperidine rings is 1. The number of amides is 1. The van der Waals surface area contributed by atoms with Crippen molar-refractivity contribution in [1.29, 1.82) is 0 Å². The topological polar surface area (TPSA) is 78.9 Å². The molecule has 1 unspecified atom stereocenters. The fourth-order valence-corrected chi connectivity index (χ4v) is 2.25. The van der Waals surface area contributed by atoms with Gasteiger partial charge in [-0.2, -0.15) is 0 Å². The number of oxime groups is 1. The summed E-state index contributed by atoms with van der Waals surface area (Å²) in [5.74, 6) is -0.0285. The second-order valence-corrected chi connectivity index (χ2v) is 4.29. The van der Waals surface area contributed by atoms with E-state index >= 15 is 0 Å². The highest BCUT2D eigenvalue weighted by Crippen LogP contribution is 2.21. The molecule has 5 heteroatoms. The quantitative estimate of drug-likeness (QED) is 0.329. The molecule has 92 valence electrons. The van der Waals surface area contributed by atoms with Gasteiger partial charge in [0.15, 0.2) is 0 Å². The molecule has 0 radical (unpaired) electrons. The molecule has 0 spiro atoms. The van der Waals surface area contributed by atoms with E-state index in [0.29, 0.717) is 6.04 Å². The van der Waals surface area contributed by atoms with E-state index in [0.717, 1.165) is 32.2 Å². The summed E-state index contributed by atoms with van der Waals surface area (Å²) < 4.78 is 0. The highest BCUT2D eigenvalue weighted by molar-refractivity contribution is 5.98. The van der Waals surface area contributed by atoms with Crippen molar-refractivity contribution in [3.63, 3.8) is 0 Å². The monoisotopic (exact) mass is 227 g/mol. The Bertz CT molecular complexity index is 264. The molecule has 1 aliphatic rings. The van der Waals surface area contributed by atoms with Gasteiger partial charge in [-0.1, -0.05) is 18.5 Å². The van der Waals surface area contributed by atoms with Gasteiger partial charge in [0.25, 0.3) is 0 Å². The summed E-state index contributed by atoms with van der Waals surface area (Å²) in [6, 6.07) is 0.345. The first-order chi connectivity index (χ1) is 7.69. The third kappa shape index (κ3) is 3.40. The summed E-state index contributed by atoms with van der Waals surface area (Å²) in [7, 11) is 0. The zero-order chi connectivity index (χ0) is 12.0. The second-order valence-electron chi connectivity index (χ2n) is 4.29. The van der Waals surface area contributed by atoms with Gasteiger partial charge in [-0.05, 0) is 25.7 Å². The Morgan fingerprint density at radius 3 is 2.94 bits per heavy atom. The summed E-state index contributed by atoms with van der Waals surface area (Å²) in [6.07, 6.45) is 5.48. The summed E-state index contributed by atoms with van der Waals surface area (Å²) in [4.78, 5) is 13.8. The second kappa shape index (κ2) is 6.35. The lowest BCUT2D eigenvalue weighted by Gasteiger charge is -2.35. The molecule has 5 nitrogen and oxygen atoms in total. The van der Waals surface area contributed by atoms with Crippen LogP contribution >= 0.6 is 0 Å². The minimum Gasteiger partial charge on any atom is -0.409 e. The van der Waals surface area contributed by atoms with Crippen molar-refractivity contribution in [3.05, 3.63) is 0 Å². The van der Waals surface area contributed by atoms with Crippen LogP contribution in [0.1, 0.15) is 45.4 Å². The minimum absolute atomic E-state index is 0.00850. The van der Waals surface area contributed by atoms with Crippen molar-refractivity contribution < 1.29 is 10.0 Å². The van der Waals surface area contributed by atoms with Gasteiger partial charge in [0, 0.05) is 12.6 Å². The molecule has 0 aromatic rings. The molecule has 0 bridgehead atoms. The molecule has 1 rings (SSSR count). The first-order valence-electron chi connectivity index (χ1n) is 5.95. The molecule has 1 saturated heterocycles. The number of nitrogens with zero attached hydrogens (tertiary/aromatic N) is 2. The summed E-state index contributed by atoms with van der Waals surface area (Å²) >= 11 is 0. The third-order valence-electron chi connectivity index (χ3n) is 3.03. The number of likely N-dealkylation sites (tertiary alicyclic amines) is 1. The molecular formula is C11H21N3O2. The SMILES string of the molecule is CCCC1CCCCN1C(=O)CC(N)=NO. The van der Waals surface area contributed by atoms with Gasteiger partial charge in [0.05, 0.1) is 6.42 Å². The van der Waals surface area contributed by atoms with E-state index in [4.69, 9.17) is 10.9 Å². The predicted molar refractivity (Wildman–Crippen MR) is 62.3 cm³/mol. The van der Waals surface area contributed by atoms with Gasteiger partial charge < -0.3 is 15.8 Å². The Balaban J connectivity index is 2.56. The van der Waals surface area contributed by atoms with Crippen LogP contribution in [0, 0.1) is 0 Å². The molecule has 1 fully saturated rings. The first kappa shape index (κ1) is 12.8. The molecular weight excluding hydrogens is 206 g/mol. The highest BCUT2D eigenvalue weighted by Gasteiger charge is 2.26. The Labute approximate surface area is 96.3 Å². The Morgan fingerprint density at radius 1 is 1.56 bits per heavy atom. The number of carbonyl (C=O) groups is 1. The van der Waals surface area contributed by atoms with E-state index in [9.17, 15) is 4.79 Å². The van der Waals surface area contributed by atoms with Crippen LogP contribution in [0.2, 0.25) is 0 Å². The van der Waals surface area contributed by atoms with Gasteiger partial charge in [0.1, 0.15) is 5.84 Å². The van der Waals surface area contributed by atoms with Crippen LogP contribution in [-0.4, -0.2) is 34.4 Å². The van der Waals surface area contributed by atoms with Crippen molar-refractivity contribution >= 4 is 11.7 Å². The lowest BCUT2D eigenvalue weighted by atomic mass is 9.98. The molecule has 3 N–H and O–H groups in total. The average molecular weight is 227 g/mol. The van der Waals surface area contributed by atoms with Crippen LogP contribution in [0.25, 0.3) is 0 Å². The van der Waals surface area contributed by atoms with E-state index in [1.807, 2.05) is 4.90 Å². The molecule has 0 aromatic heterocycles. The van der Waals surface area contributed by atoms with Gasteiger partial charge in [-0.25, -0.2) is 0 Å². The van der Waals surface area contributed by atoms with E-state index in [1.165, 1.54) is 6.42 Å². The normalized spacial score (nSPS) is 22.2. The smallest absolute Gasteiger partial charge is 0.230 e. The molecule has 1 amide bonds. The molecule has 0 aliphatic carbocycles. The van der Waals surface area contributed by atoms with Crippen molar-refractivity contribution in [2.75, 3.05) is 6.54 Å². The summed E-state index contributed by atoms with van der Waals surface area (Å²) in [5, 5.41) is 11.3. The maximum absolute atomic E-state index is 11.9. The number of nitrogens with two attached hydrogens (primary N) is 1. The Kier molecular flexibility index (Phi) is 5.08. The molecule has 1 aliphatic heterocycles. The molecule has 0 saturated carbocycles. The van der Waals surface area contributed by atoms with Crippen LogP contribution in [0.3, 0.4) is 0 Å². The van der Waals surface area contributed by atoms with E-state index in [2.05, 4.69) is 12.1 Å². The number of rotatable bonds is 4. The largest absolute Gasteiger partial charge is 0.409 e. The zero-order valence-corrected chi connectivity index (χ0v) is 9.85. The van der Waals surface area contributed by atoms with Crippen molar-refractivity contribution in [3.8, 4) is 0 Å². The van der Waals surface area contributed by atoms with Crippen molar-refractivity contribution in [1.82, 2.24) is 4.90 Å². The van der Waals surface area contributed by atoms with E-state index in [-0.39, 0.29) is 18.2 Å². The minimum atomic E-state index is -0.0200. The third-order valence-corrected chi connectivity index (χ3v) is 3.03. The van der Waals surface area contributed by atoms with Gasteiger partial charge in [0.2, 0.25) is 5.91 Å². The average Bonchev–Trinajstić information content (AvgIpc) is 2.30. The summed E-state index contributed by atoms with van der Waals surface area (Å²) in [6.45, 7) is 2.93. The molecule has 16 heavy (non-hydrogen) atoms. The zero-order valence-electron chi connectivity index (χ0n) is 9.85. The number of amidine groups is 1. The van der Waals surface area contributed by atoms with Crippen LogP contribution in [0.5, 0.6) is 0 Å². The maximum atomic E-state index is 11.9. The molecule has 1 atom stereocenters. The van der Waals surface area contributed by atoms with Crippen LogP contribution in [0.4, 0.5) is 0 Å². The number of carbonyl (C=O) groups excluding carboxylic acids is 1. The molecule has 0 aromatic carbocycles. The Morgan fingerprint density at radius 2 is 2.31 bits per heavy atom. The van der Waals surface area contributed by atoms with Gasteiger partial charge >= 0.3 is 0 Å². The standard InChI is InChI=1S/C11H21N3O2/c1-2-5-9-6-3-4-7-14(9)11(15)8-10(12)13-16/h9,16H,2-8H2,1H3,(H2,12,13). The highest BCUT2D eigenvalue weighted by atomic mass is 16.4. The lowest BCUT2D eigenvalue weighted by molar-refractivity contribution is -0.133. The van der Waals surface area contributed by atoms with E-state index in [1.54, 1.807) is 0 Å². The Hall–Kier alpha value is -1.26. The lowest BCUT2D eigenvalue weighted by Crippen LogP contribution is -2.44. The van der Waals surface area contributed by atoms with Gasteiger partial charge in [-0.3, -0.25) is 4.79 Å². The number of hydrogen-bond donors (Lipinski definition) is 2. The van der Waals surface area contributed by atoms with Crippen LogP contribution in [0.15, 0.2) is 5.16 Å². The maximum Gasteiger partial charge on any atom is 0.230 e. The van der Waals surface area contributed by atoms with Crippen LogP contribution < -0.4 is 5.73 Å².